The highest BCUT2D eigenvalue weighted by molar-refractivity contribution is 9.10. The normalized spacial score (nSPS) is 17.8. The molecule has 0 bridgehead atoms. The van der Waals surface area contributed by atoms with Gasteiger partial charge < -0.3 is 5.32 Å². The smallest absolute Gasteiger partial charge is 0.125 e. The highest BCUT2D eigenvalue weighted by Crippen LogP contribution is 2.37. The molecule has 1 atom stereocenters. The molecular weight excluding hydrogens is 351 g/mol. The Morgan fingerprint density at radius 3 is 3.05 bits per heavy atom. The molecular formula is C16H18BrFN2S. The zero-order chi connectivity index (χ0) is 14.8. The number of fused-ring (bicyclic) bond motifs is 1. The maximum absolute atomic E-state index is 13.6. The molecule has 1 aromatic heterocycles. The summed E-state index contributed by atoms with van der Waals surface area (Å²) in [7, 11) is 0. The molecule has 1 aliphatic rings. The van der Waals surface area contributed by atoms with Gasteiger partial charge in [0.25, 0.3) is 0 Å². The van der Waals surface area contributed by atoms with Crippen LogP contribution >= 0.6 is 27.3 Å². The van der Waals surface area contributed by atoms with E-state index in [1.807, 2.05) is 6.07 Å². The van der Waals surface area contributed by atoms with Gasteiger partial charge in [-0.25, -0.2) is 9.37 Å². The first-order valence-electron chi connectivity index (χ1n) is 7.37. The van der Waals surface area contributed by atoms with Gasteiger partial charge in [0.1, 0.15) is 10.8 Å². The van der Waals surface area contributed by atoms with E-state index < -0.39 is 0 Å². The Morgan fingerprint density at radius 1 is 1.43 bits per heavy atom. The largest absolute Gasteiger partial charge is 0.309 e. The molecule has 0 radical (unpaired) electrons. The number of thiazole rings is 1. The van der Waals surface area contributed by atoms with Gasteiger partial charge in [-0.3, -0.25) is 0 Å². The second-order valence-corrected chi connectivity index (χ2v) is 7.38. The first-order chi connectivity index (χ1) is 10.2. The number of nitrogens with zero attached hydrogens (tertiary/aromatic N) is 1. The summed E-state index contributed by atoms with van der Waals surface area (Å²) in [5.74, 6) is -0.229. The Bertz CT molecular complexity index is 621. The minimum Gasteiger partial charge on any atom is -0.309 e. The van der Waals surface area contributed by atoms with Gasteiger partial charge in [0.15, 0.2) is 0 Å². The number of rotatable bonds is 4. The van der Waals surface area contributed by atoms with Crippen LogP contribution in [-0.4, -0.2) is 11.5 Å². The maximum Gasteiger partial charge on any atom is 0.125 e. The summed E-state index contributed by atoms with van der Waals surface area (Å²) in [4.78, 5) is 6.16. The van der Waals surface area contributed by atoms with Crippen LogP contribution in [0.25, 0.3) is 10.6 Å². The standard InChI is InChI=1S/C16H18BrFN2S/c1-2-6-19-13-4-3-5-14-15(13)20-16(21-14)10-7-11(17)9-12(18)8-10/h7-9,13,19H,2-6H2,1H3. The van der Waals surface area contributed by atoms with Crippen LogP contribution in [0, 0.1) is 5.82 Å². The number of benzene rings is 1. The van der Waals surface area contributed by atoms with Crippen LogP contribution in [0.2, 0.25) is 0 Å². The van der Waals surface area contributed by atoms with E-state index >= 15 is 0 Å². The zero-order valence-electron chi connectivity index (χ0n) is 12.0. The molecule has 1 aromatic carbocycles. The van der Waals surface area contributed by atoms with Crippen molar-refractivity contribution in [2.75, 3.05) is 6.54 Å². The Balaban J connectivity index is 1.93. The Labute approximate surface area is 136 Å². The summed E-state index contributed by atoms with van der Waals surface area (Å²) in [6.07, 6.45) is 4.55. The fourth-order valence-corrected chi connectivity index (χ4v) is 4.35. The van der Waals surface area contributed by atoms with Crippen LogP contribution in [0.1, 0.15) is 42.8 Å². The molecule has 1 heterocycles. The molecule has 0 spiro atoms. The molecule has 112 valence electrons. The van der Waals surface area contributed by atoms with Gasteiger partial charge in [-0.05, 0) is 50.4 Å². The Hall–Kier alpha value is -0.780. The van der Waals surface area contributed by atoms with Crippen molar-refractivity contribution in [2.24, 2.45) is 0 Å². The molecule has 0 aliphatic heterocycles. The third-order valence-electron chi connectivity index (χ3n) is 3.70. The molecule has 5 heteroatoms. The lowest BCUT2D eigenvalue weighted by Gasteiger charge is -2.22. The van der Waals surface area contributed by atoms with Crippen molar-refractivity contribution in [1.82, 2.24) is 10.3 Å². The van der Waals surface area contributed by atoms with Gasteiger partial charge in [-0.1, -0.05) is 22.9 Å². The fraction of sp³-hybridized carbons (Fsp3) is 0.438. The molecule has 0 saturated heterocycles. The molecule has 0 fully saturated rings. The van der Waals surface area contributed by atoms with Crippen LogP contribution in [0.15, 0.2) is 22.7 Å². The van der Waals surface area contributed by atoms with E-state index in [1.54, 1.807) is 17.4 Å². The average molecular weight is 369 g/mol. The Kier molecular flexibility index (Phi) is 4.72. The molecule has 21 heavy (non-hydrogen) atoms. The minimum atomic E-state index is -0.229. The van der Waals surface area contributed by atoms with E-state index in [4.69, 9.17) is 4.98 Å². The highest BCUT2D eigenvalue weighted by atomic mass is 79.9. The fourth-order valence-electron chi connectivity index (χ4n) is 2.74. The van der Waals surface area contributed by atoms with Crippen molar-refractivity contribution in [1.29, 1.82) is 0 Å². The molecule has 0 saturated carbocycles. The van der Waals surface area contributed by atoms with Crippen LogP contribution < -0.4 is 5.32 Å². The summed E-state index contributed by atoms with van der Waals surface area (Å²) < 4.78 is 14.3. The van der Waals surface area contributed by atoms with Gasteiger partial charge in [-0.2, -0.15) is 0 Å². The van der Waals surface area contributed by atoms with E-state index in [0.717, 1.165) is 40.9 Å². The monoisotopic (exact) mass is 368 g/mol. The molecule has 1 N–H and O–H groups in total. The second-order valence-electron chi connectivity index (χ2n) is 5.38. The molecule has 1 unspecified atom stereocenters. The SMILES string of the molecule is CCCNC1CCCc2sc(-c3cc(F)cc(Br)c3)nc21. The van der Waals surface area contributed by atoms with Gasteiger partial charge in [0.05, 0.1) is 11.7 Å². The van der Waals surface area contributed by atoms with E-state index in [9.17, 15) is 4.39 Å². The summed E-state index contributed by atoms with van der Waals surface area (Å²) in [6.45, 7) is 3.19. The van der Waals surface area contributed by atoms with Crippen molar-refractivity contribution in [3.8, 4) is 10.6 Å². The zero-order valence-corrected chi connectivity index (χ0v) is 14.4. The maximum atomic E-state index is 13.6. The van der Waals surface area contributed by atoms with Crippen molar-refractivity contribution in [3.05, 3.63) is 39.1 Å². The lowest BCUT2D eigenvalue weighted by atomic mass is 9.97. The summed E-state index contributed by atoms with van der Waals surface area (Å²) in [5, 5.41) is 4.50. The van der Waals surface area contributed by atoms with Crippen molar-refractivity contribution in [2.45, 2.75) is 38.6 Å². The highest BCUT2D eigenvalue weighted by Gasteiger charge is 2.24. The van der Waals surface area contributed by atoms with Gasteiger partial charge in [0.2, 0.25) is 0 Å². The van der Waals surface area contributed by atoms with E-state index in [1.165, 1.54) is 23.1 Å². The van der Waals surface area contributed by atoms with E-state index in [-0.39, 0.29) is 5.82 Å². The second kappa shape index (κ2) is 6.55. The summed E-state index contributed by atoms with van der Waals surface area (Å²) in [6, 6.07) is 5.32. The summed E-state index contributed by atoms with van der Waals surface area (Å²) >= 11 is 5.06. The van der Waals surface area contributed by atoms with Crippen LogP contribution in [0.5, 0.6) is 0 Å². The van der Waals surface area contributed by atoms with Crippen LogP contribution in [0.3, 0.4) is 0 Å². The number of aromatic nitrogens is 1. The number of hydrogen-bond acceptors (Lipinski definition) is 3. The third-order valence-corrected chi connectivity index (χ3v) is 5.34. The predicted octanol–water partition coefficient (Wildman–Crippen LogP) is 5.09. The topological polar surface area (TPSA) is 24.9 Å². The van der Waals surface area contributed by atoms with Gasteiger partial charge in [-0.15, -0.1) is 11.3 Å². The van der Waals surface area contributed by atoms with Crippen molar-refractivity contribution in [3.63, 3.8) is 0 Å². The first kappa shape index (κ1) is 15.1. The molecule has 1 aliphatic carbocycles. The van der Waals surface area contributed by atoms with Gasteiger partial charge >= 0.3 is 0 Å². The average Bonchev–Trinajstić information content (AvgIpc) is 2.88. The number of hydrogen-bond donors (Lipinski definition) is 1. The van der Waals surface area contributed by atoms with Gasteiger partial charge in [0, 0.05) is 14.9 Å². The first-order valence-corrected chi connectivity index (χ1v) is 8.97. The number of aryl methyl sites for hydroxylation is 1. The van der Waals surface area contributed by atoms with Crippen LogP contribution in [-0.2, 0) is 6.42 Å². The number of halogens is 2. The lowest BCUT2D eigenvalue weighted by Crippen LogP contribution is -2.25. The number of nitrogens with one attached hydrogen (secondary N) is 1. The minimum absolute atomic E-state index is 0.229. The van der Waals surface area contributed by atoms with Crippen molar-refractivity contribution >= 4 is 27.3 Å². The summed E-state index contributed by atoms with van der Waals surface area (Å²) in [5.41, 5.74) is 2.03. The quantitative estimate of drug-likeness (QED) is 0.812. The predicted molar refractivity (Wildman–Crippen MR) is 89.2 cm³/mol. The van der Waals surface area contributed by atoms with E-state index in [0.29, 0.717) is 6.04 Å². The molecule has 2 aromatic rings. The van der Waals surface area contributed by atoms with Crippen molar-refractivity contribution < 1.29 is 4.39 Å². The third kappa shape index (κ3) is 3.35. The molecule has 2 nitrogen and oxygen atoms in total. The molecule has 0 amide bonds. The molecule has 3 rings (SSSR count). The lowest BCUT2D eigenvalue weighted by molar-refractivity contribution is 0.454. The Morgan fingerprint density at radius 2 is 2.29 bits per heavy atom. The van der Waals surface area contributed by atoms with E-state index in [2.05, 4.69) is 28.2 Å². The van der Waals surface area contributed by atoms with Crippen LogP contribution in [0.4, 0.5) is 4.39 Å².